The minimum Gasteiger partial charge on any atom is -0.485 e. The highest BCUT2D eigenvalue weighted by atomic mass is 16.6. The Kier molecular flexibility index (Phi) is 5.81. The number of guanidine groups is 1. The van der Waals surface area contributed by atoms with Gasteiger partial charge in [0.05, 0.1) is 23.3 Å². The Labute approximate surface area is 125 Å². The number of nitro groups is 1. The molecule has 22 heavy (non-hydrogen) atoms. The van der Waals surface area contributed by atoms with Gasteiger partial charge >= 0.3 is 11.7 Å². The third-order valence-electron chi connectivity index (χ3n) is 2.22. The van der Waals surface area contributed by atoms with Crippen LogP contribution in [0, 0.1) is 10.1 Å². The van der Waals surface area contributed by atoms with Crippen LogP contribution in [0.25, 0.3) is 0 Å². The van der Waals surface area contributed by atoms with Crippen molar-refractivity contribution in [2.75, 3.05) is 6.61 Å². The van der Waals surface area contributed by atoms with Gasteiger partial charge in [0.2, 0.25) is 11.7 Å². The van der Waals surface area contributed by atoms with Crippen LogP contribution in [0.15, 0.2) is 22.3 Å². The van der Waals surface area contributed by atoms with Crippen LogP contribution in [0.2, 0.25) is 0 Å². The molecular formula is C12H15N5O5. The van der Waals surface area contributed by atoms with Gasteiger partial charge in [0.1, 0.15) is 0 Å². The molecule has 0 bridgehead atoms. The first-order valence-corrected chi connectivity index (χ1v) is 6.11. The van der Waals surface area contributed by atoms with Gasteiger partial charge in [0.15, 0.2) is 5.75 Å². The number of carbonyl (C=O) groups excluding carboxylic acids is 1. The Morgan fingerprint density at radius 1 is 1.45 bits per heavy atom. The molecule has 0 heterocycles. The van der Waals surface area contributed by atoms with Crippen LogP contribution in [-0.2, 0) is 4.79 Å². The summed E-state index contributed by atoms with van der Waals surface area (Å²) in [6.07, 6.45) is 1.10. The van der Waals surface area contributed by atoms with Crippen LogP contribution in [0.4, 0.5) is 5.69 Å². The van der Waals surface area contributed by atoms with Crippen LogP contribution < -0.4 is 20.9 Å². The fourth-order valence-corrected chi connectivity index (χ4v) is 1.54. The molecule has 0 saturated heterocycles. The monoisotopic (exact) mass is 309 g/mol. The smallest absolute Gasteiger partial charge is 0.323 e. The van der Waals surface area contributed by atoms with Crippen molar-refractivity contribution in [1.82, 2.24) is 0 Å². The first-order valence-electron chi connectivity index (χ1n) is 6.11. The van der Waals surface area contributed by atoms with Gasteiger partial charge in [0.25, 0.3) is 0 Å². The van der Waals surface area contributed by atoms with E-state index in [9.17, 15) is 14.9 Å². The van der Waals surface area contributed by atoms with E-state index in [1.165, 1.54) is 19.1 Å². The summed E-state index contributed by atoms with van der Waals surface area (Å²) in [7, 11) is 0. The number of hydrogen-bond acceptors (Lipinski definition) is 7. The zero-order chi connectivity index (χ0) is 16.7. The molecule has 118 valence electrons. The lowest BCUT2D eigenvalue weighted by atomic mass is 10.1. The Balaban J connectivity index is 3.43. The minimum absolute atomic E-state index is 0.0555. The maximum absolute atomic E-state index is 11.3. The topological polar surface area (TPSA) is 155 Å². The van der Waals surface area contributed by atoms with Crippen LogP contribution in [0.5, 0.6) is 11.5 Å². The van der Waals surface area contributed by atoms with Crippen molar-refractivity contribution in [3.05, 3.63) is 27.8 Å². The average molecular weight is 309 g/mol. The fourth-order valence-electron chi connectivity index (χ4n) is 1.54. The van der Waals surface area contributed by atoms with Crippen molar-refractivity contribution < 1.29 is 19.2 Å². The summed E-state index contributed by atoms with van der Waals surface area (Å²) in [6.45, 7) is 2.96. The second kappa shape index (κ2) is 7.57. The summed E-state index contributed by atoms with van der Waals surface area (Å²) in [5, 5.41) is 18.2. The molecule has 0 amide bonds. The molecule has 0 aliphatic rings. The predicted octanol–water partition coefficient (Wildman–Crippen LogP) is 0.526. The standard InChI is InChI=1S/C12H15N5O5/c1-3-21-11-9(22-7(2)18)5-4-8(10(11)17(19)20)6-15-16-12(13)14/h4-6H,3H2,1-2H3,(H4,13,14,16). The number of rotatable bonds is 6. The number of benzene rings is 1. The molecular weight excluding hydrogens is 294 g/mol. The fraction of sp³-hybridized carbons (Fsp3) is 0.250. The van der Waals surface area contributed by atoms with E-state index in [0.717, 1.165) is 6.21 Å². The molecule has 0 aliphatic heterocycles. The van der Waals surface area contributed by atoms with E-state index in [-0.39, 0.29) is 29.6 Å². The van der Waals surface area contributed by atoms with Crippen molar-refractivity contribution in [2.45, 2.75) is 13.8 Å². The van der Waals surface area contributed by atoms with Gasteiger partial charge in [0, 0.05) is 6.92 Å². The molecule has 0 unspecified atom stereocenters. The SMILES string of the molecule is CCOc1c(OC(C)=O)ccc(C=NN=C(N)N)c1[N+](=O)[O-]. The summed E-state index contributed by atoms with van der Waals surface area (Å²) in [6, 6.07) is 2.70. The molecule has 0 fully saturated rings. The number of nitrogens with zero attached hydrogens (tertiary/aromatic N) is 3. The maximum Gasteiger partial charge on any atom is 0.323 e. The van der Waals surface area contributed by atoms with Crippen molar-refractivity contribution in [3.8, 4) is 11.5 Å². The lowest BCUT2D eigenvalue weighted by Crippen LogP contribution is -2.21. The molecule has 0 spiro atoms. The lowest BCUT2D eigenvalue weighted by Gasteiger charge is -2.11. The van der Waals surface area contributed by atoms with Gasteiger partial charge in [-0.1, -0.05) is 0 Å². The molecule has 0 aromatic heterocycles. The zero-order valence-electron chi connectivity index (χ0n) is 12.0. The van der Waals surface area contributed by atoms with Gasteiger partial charge in [-0.25, -0.2) is 0 Å². The Bertz CT molecular complexity index is 637. The Morgan fingerprint density at radius 2 is 2.14 bits per heavy atom. The first kappa shape index (κ1) is 16.9. The molecule has 0 radical (unpaired) electrons. The van der Waals surface area contributed by atoms with Crippen molar-refractivity contribution >= 4 is 23.8 Å². The normalized spacial score (nSPS) is 10.3. The zero-order valence-corrected chi connectivity index (χ0v) is 12.0. The molecule has 0 aliphatic carbocycles. The van der Waals surface area contributed by atoms with Crippen molar-refractivity contribution in [1.29, 1.82) is 0 Å². The van der Waals surface area contributed by atoms with E-state index in [1.807, 2.05) is 0 Å². The molecule has 10 nitrogen and oxygen atoms in total. The third kappa shape index (κ3) is 4.44. The third-order valence-corrected chi connectivity index (χ3v) is 2.22. The van der Waals surface area contributed by atoms with E-state index < -0.39 is 16.6 Å². The largest absolute Gasteiger partial charge is 0.485 e. The van der Waals surface area contributed by atoms with Crippen LogP contribution in [0.1, 0.15) is 19.4 Å². The van der Waals surface area contributed by atoms with Gasteiger partial charge < -0.3 is 20.9 Å². The van der Waals surface area contributed by atoms with Crippen LogP contribution >= 0.6 is 0 Å². The number of esters is 1. The Morgan fingerprint density at radius 3 is 2.64 bits per heavy atom. The number of hydrogen-bond donors (Lipinski definition) is 2. The average Bonchev–Trinajstić information content (AvgIpc) is 2.40. The highest BCUT2D eigenvalue weighted by molar-refractivity contribution is 5.89. The van der Waals surface area contributed by atoms with Gasteiger partial charge in [-0.15, -0.1) is 5.10 Å². The van der Waals surface area contributed by atoms with E-state index in [4.69, 9.17) is 20.9 Å². The number of carbonyl (C=O) groups is 1. The highest BCUT2D eigenvalue weighted by Crippen LogP contribution is 2.39. The molecule has 1 rings (SSSR count). The van der Waals surface area contributed by atoms with E-state index >= 15 is 0 Å². The lowest BCUT2D eigenvalue weighted by molar-refractivity contribution is -0.386. The van der Waals surface area contributed by atoms with Gasteiger partial charge in [-0.05, 0) is 19.1 Å². The van der Waals surface area contributed by atoms with E-state index in [2.05, 4.69) is 10.2 Å². The molecule has 0 saturated carbocycles. The summed E-state index contributed by atoms with van der Waals surface area (Å²) in [5.74, 6) is -1.14. The van der Waals surface area contributed by atoms with E-state index in [0.29, 0.717) is 0 Å². The second-order valence-electron chi connectivity index (χ2n) is 3.88. The first-order chi connectivity index (χ1) is 10.4. The van der Waals surface area contributed by atoms with Crippen LogP contribution in [-0.4, -0.2) is 29.7 Å². The maximum atomic E-state index is 11.3. The molecule has 4 N–H and O–H groups in total. The second-order valence-corrected chi connectivity index (χ2v) is 3.88. The predicted molar refractivity (Wildman–Crippen MR) is 79.0 cm³/mol. The number of nitrogens with two attached hydrogens (primary N) is 2. The van der Waals surface area contributed by atoms with Gasteiger partial charge in [-0.2, -0.15) is 5.10 Å². The Hall–Kier alpha value is -3.17. The van der Waals surface area contributed by atoms with Crippen molar-refractivity contribution in [2.24, 2.45) is 21.7 Å². The highest BCUT2D eigenvalue weighted by Gasteiger charge is 2.25. The summed E-state index contributed by atoms with van der Waals surface area (Å²) >= 11 is 0. The van der Waals surface area contributed by atoms with E-state index in [1.54, 1.807) is 6.92 Å². The summed E-state index contributed by atoms with van der Waals surface area (Å²) in [4.78, 5) is 21.7. The number of nitro benzene ring substituents is 1. The van der Waals surface area contributed by atoms with Gasteiger partial charge in [-0.3, -0.25) is 14.9 Å². The minimum atomic E-state index is -0.672. The van der Waals surface area contributed by atoms with Crippen LogP contribution in [0.3, 0.4) is 0 Å². The number of ether oxygens (including phenoxy) is 2. The molecule has 0 atom stereocenters. The quantitative estimate of drug-likeness (QED) is 0.194. The van der Waals surface area contributed by atoms with Crippen molar-refractivity contribution in [3.63, 3.8) is 0 Å². The molecule has 1 aromatic rings. The molecule has 10 heteroatoms. The molecule has 1 aromatic carbocycles. The summed E-state index contributed by atoms with van der Waals surface area (Å²) in [5.41, 5.74) is 9.90. The summed E-state index contributed by atoms with van der Waals surface area (Å²) < 4.78 is 10.1.